The summed E-state index contributed by atoms with van der Waals surface area (Å²) >= 11 is 0. The van der Waals surface area contributed by atoms with Crippen molar-refractivity contribution in [3.8, 4) is 5.75 Å². The quantitative estimate of drug-likeness (QED) is 0.435. The normalized spacial score (nSPS) is 10.4. The Morgan fingerprint density at radius 3 is 2.73 bits per heavy atom. The molecule has 0 aliphatic carbocycles. The van der Waals surface area contributed by atoms with Gasteiger partial charge < -0.3 is 10.8 Å². The predicted molar refractivity (Wildman–Crippen MR) is 53.0 cm³/mol. The summed E-state index contributed by atoms with van der Waals surface area (Å²) in [5, 5.41) is 19.7. The number of hydrogen-bond donors (Lipinski definition) is 2. The fraction of sp³-hybridized carbons (Fsp3) is 0. The molecule has 6 nitrogen and oxygen atoms in total. The molecule has 6 heteroatoms. The molecule has 0 saturated heterocycles. The van der Waals surface area contributed by atoms with Crippen LogP contribution in [-0.4, -0.2) is 15.9 Å². The summed E-state index contributed by atoms with van der Waals surface area (Å²) in [6.45, 7) is 0. The molecule has 1 aromatic carbocycles. The average Bonchev–Trinajstić information content (AvgIpc) is 2.14. The van der Waals surface area contributed by atoms with Gasteiger partial charge in [-0.3, -0.25) is 14.9 Å². The fourth-order valence-corrected chi connectivity index (χ4v) is 1.01. The van der Waals surface area contributed by atoms with Gasteiger partial charge in [-0.1, -0.05) is 0 Å². The number of phenolic OH excluding ortho intramolecular Hbond substituents is 1. The molecule has 1 aromatic rings. The zero-order valence-electron chi connectivity index (χ0n) is 7.58. The van der Waals surface area contributed by atoms with Gasteiger partial charge in [-0.25, -0.2) is 0 Å². The molecular formula is C9H8N2O4. The molecule has 0 spiro atoms. The second kappa shape index (κ2) is 4.23. The highest BCUT2D eigenvalue weighted by Gasteiger charge is 2.11. The van der Waals surface area contributed by atoms with E-state index in [2.05, 4.69) is 0 Å². The largest absolute Gasteiger partial charge is 0.508 e. The number of nitro groups is 1. The number of amides is 1. The topological polar surface area (TPSA) is 106 Å². The zero-order chi connectivity index (χ0) is 11.4. The summed E-state index contributed by atoms with van der Waals surface area (Å²) in [6, 6.07) is 3.52. The highest BCUT2D eigenvalue weighted by Crippen LogP contribution is 2.24. The van der Waals surface area contributed by atoms with Crippen LogP contribution in [0.25, 0.3) is 6.08 Å². The van der Waals surface area contributed by atoms with Gasteiger partial charge in [0.15, 0.2) is 0 Å². The lowest BCUT2D eigenvalue weighted by atomic mass is 10.1. The van der Waals surface area contributed by atoms with Gasteiger partial charge in [0, 0.05) is 12.1 Å². The van der Waals surface area contributed by atoms with E-state index in [1.54, 1.807) is 0 Å². The number of primary amides is 1. The molecule has 78 valence electrons. The van der Waals surface area contributed by atoms with E-state index in [4.69, 9.17) is 10.8 Å². The van der Waals surface area contributed by atoms with Crippen LogP contribution in [0, 0.1) is 10.1 Å². The van der Waals surface area contributed by atoms with Gasteiger partial charge in [0.2, 0.25) is 5.91 Å². The first kappa shape index (κ1) is 10.7. The Morgan fingerprint density at radius 1 is 1.53 bits per heavy atom. The Hall–Kier alpha value is -2.37. The van der Waals surface area contributed by atoms with E-state index in [1.807, 2.05) is 0 Å². The van der Waals surface area contributed by atoms with Gasteiger partial charge in [0.25, 0.3) is 5.69 Å². The van der Waals surface area contributed by atoms with Gasteiger partial charge in [-0.15, -0.1) is 0 Å². The molecule has 0 heterocycles. The van der Waals surface area contributed by atoms with Crippen molar-refractivity contribution in [2.45, 2.75) is 0 Å². The summed E-state index contributed by atoms with van der Waals surface area (Å²) in [6.07, 6.45) is 2.17. The van der Waals surface area contributed by atoms with Crippen LogP contribution < -0.4 is 5.73 Å². The molecule has 0 aliphatic heterocycles. The Balaban J connectivity index is 3.18. The van der Waals surface area contributed by atoms with Crippen LogP contribution in [0.4, 0.5) is 5.69 Å². The van der Waals surface area contributed by atoms with Crippen molar-refractivity contribution in [2.75, 3.05) is 0 Å². The molecular weight excluding hydrogens is 200 g/mol. The summed E-state index contributed by atoms with van der Waals surface area (Å²) in [5.41, 5.74) is 4.77. The molecule has 0 fully saturated rings. The summed E-state index contributed by atoms with van der Waals surface area (Å²) < 4.78 is 0. The Bertz CT molecular complexity index is 440. The minimum Gasteiger partial charge on any atom is -0.508 e. The molecule has 0 aliphatic rings. The molecule has 1 rings (SSSR count). The Labute approximate surface area is 84.8 Å². The molecule has 0 aromatic heterocycles. The lowest BCUT2D eigenvalue weighted by molar-refractivity contribution is -0.385. The highest BCUT2D eigenvalue weighted by atomic mass is 16.6. The van der Waals surface area contributed by atoms with Crippen molar-refractivity contribution in [3.05, 3.63) is 40.0 Å². The van der Waals surface area contributed by atoms with E-state index < -0.39 is 10.8 Å². The van der Waals surface area contributed by atoms with Crippen molar-refractivity contribution in [3.63, 3.8) is 0 Å². The number of benzene rings is 1. The number of rotatable bonds is 3. The van der Waals surface area contributed by atoms with E-state index in [-0.39, 0.29) is 17.0 Å². The number of aromatic hydroxyl groups is 1. The van der Waals surface area contributed by atoms with Gasteiger partial charge >= 0.3 is 0 Å². The SMILES string of the molecule is NC(=O)/C=C/c1cc(O)ccc1[N+](=O)[O-]. The van der Waals surface area contributed by atoms with E-state index in [0.717, 1.165) is 12.1 Å². The van der Waals surface area contributed by atoms with Crippen LogP contribution in [-0.2, 0) is 4.79 Å². The number of carbonyl (C=O) groups excluding carboxylic acids is 1. The molecule has 0 bridgehead atoms. The Morgan fingerprint density at radius 2 is 2.20 bits per heavy atom. The lowest BCUT2D eigenvalue weighted by Gasteiger charge is -1.97. The van der Waals surface area contributed by atoms with Crippen molar-refractivity contribution >= 4 is 17.7 Å². The number of phenols is 1. The van der Waals surface area contributed by atoms with Crippen molar-refractivity contribution in [1.29, 1.82) is 0 Å². The maximum atomic E-state index is 10.6. The van der Waals surface area contributed by atoms with Crippen molar-refractivity contribution in [2.24, 2.45) is 5.73 Å². The van der Waals surface area contributed by atoms with Gasteiger partial charge in [0.05, 0.1) is 10.5 Å². The first-order valence-corrected chi connectivity index (χ1v) is 3.95. The summed E-state index contributed by atoms with van der Waals surface area (Å²) in [5.74, 6) is -0.836. The van der Waals surface area contributed by atoms with E-state index in [1.165, 1.54) is 18.2 Å². The summed E-state index contributed by atoms with van der Waals surface area (Å²) in [4.78, 5) is 20.4. The van der Waals surface area contributed by atoms with Crippen LogP contribution in [0.3, 0.4) is 0 Å². The van der Waals surface area contributed by atoms with Crippen molar-refractivity contribution < 1.29 is 14.8 Å². The van der Waals surface area contributed by atoms with Crippen LogP contribution in [0.5, 0.6) is 5.75 Å². The van der Waals surface area contributed by atoms with Gasteiger partial charge in [-0.2, -0.15) is 0 Å². The average molecular weight is 208 g/mol. The lowest BCUT2D eigenvalue weighted by Crippen LogP contribution is -2.05. The maximum absolute atomic E-state index is 10.6. The maximum Gasteiger partial charge on any atom is 0.276 e. The van der Waals surface area contributed by atoms with E-state index >= 15 is 0 Å². The second-order valence-corrected chi connectivity index (χ2v) is 2.74. The monoisotopic (exact) mass is 208 g/mol. The molecule has 0 atom stereocenters. The molecule has 0 radical (unpaired) electrons. The fourth-order valence-electron chi connectivity index (χ4n) is 1.01. The van der Waals surface area contributed by atoms with E-state index in [0.29, 0.717) is 0 Å². The minimum absolute atomic E-state index is 0.121. The summed E-state index contributed by atoms with van der Waals surface area (Å²) in [7, 11) is 0. The highest BCUT2D eigenvalue weighted by molar-refractivity contribution is 5.91. The third-order valence-corrected chi connectivity index (χ3v) is 1.63. The number of nitrogens with zero attached hydrogens (tertiary/aromatic N) is 1. The first-order chi connectivity index (χ1) is 7.00. The zero-order valence-corrected chi connectivity index (χ0v) is 7.58. The number of nitrogens with two attached hydrogens (primary N) is 1. The Kier molecular flexibility index (Phi) is 3.02. The molecule has 0 saturated carbocycles. The first-order valence-electron chi connectivity index (χ1n) is 3.95. The number of hydrogen-bond acceptors (Lipinski definition) is 4. The van der Waals surface area contributed by atoms with Crippen LogP contribution in [0.15, 0.2) is 24.3 Å². The second-order valence-electron chi connectivity index (χ2n) is 2.74. The van der Waals surface area contributed by atoms with Gasteiger partial charge in [0.1, 0.15) is 5.75 Å². The van der Waals surface area contributed by atoms with Gasteiger partial charge in [-0.05, 0) is 18.2 Å². The van der Waals surface area contributed by atoms with Crippen LogP contribution in [0.1, 0.15) is 5.56 Å². The number of carbonyl (C=O) groups is 1. The van der Waals surface area contributed by atoms with Crippen molar-refractivity contribution in [1.82, 2.24) is 0 Å². The van der Waals surface area contributed by atoms with Crippen LogP contribution >= 0.6 is 0 Å². The van der Waals surface area contributed by atoms with E-state index in [9.17, 15) is 14.9 Å². The standard InChI is InChI=1S/C9H8N2O4/c10-9(13)4-1-6-5-7(12)2-3-8(6)11(14)15/h1-5,12H,(H2,10,13)/b4-1+. The third-order valence-electron chi connectivity index (χ3n) is 1.63. The predicted octanol–water partition coefficient (Wildman–Crippen LogP) is 0.799. The molecule has 0 unspecified atom stereocenters. The van der Waals surface area contributed by atoms with Crippen LogP contribution in [0.2, 0.25) is 0 Å². The molecule has 1 amide bonds. The number of nitro benzene ring substituents is 1. The third kappa shape index (κ3) is 2.80. The minimum atomic E-state index is -0.715. The smallest absolute Gasteiger partial charge is 0.276 e. The molecule has 3 N–H and O–H groups in total. The molecule has 15 heavy (non-hydrogen) atoms.